The van der Waals surface area contributed by atoms with E-state index < -0.39 is 12.1 Å². The summed E-state index contributed by atoms with van der Waals surface area (Å²) in [6, 6.07) is 10.4. The van der Waals surface area contributed by atoms with E-state index in [4.69, 9.17) is 16.3 Å². The normalized spacial score (nSPS) is 11.6. The maximum absolute atomic E-state index is 12.6. The second-order valence-electron chi connectivity index (χ2n) is 6.01. The Balaban J connectivity index is 2.17. The van der Waals surface area contributed by atoms with Crippen molar-refractivity contribution in [1.29, 1.82) is 0 Å². The number of hydrogen-bond donors (Lipinski definition) is 1. The van der Waals surface area contributed by atoms with Crippen LogP contribution in [0, 0.1) is 13.8 Å². The molecule has 0 bridgehead atoms. The minimum atomic E-state index is -0.686. The molecule has 1 N–H and O–H groups in total. The predicted molar refractivity (Wildman–Crippen MR) is 102 cm³/mol. The topological polar surface area (TPSA) is 64.6 Å². The fraction of sp³-hybridized carbons (Fsp3) is 0.300. The van der Waals surface area contributed by atoms with Crippen LogP contribution in [0.4, 0.5) is 5.69 Å². The number of hydrogen-bond acceptors (Lipinski definition) is 4. The Morgan fingerprint density at radius 3 is 2.35 bits per heavy atom. The average molecular weight is 376 g/mol. The van der Waals surface area contributed by atoms with Gasteiger partial charge in [-0.3, -0.25) is 4.79 Å². The van der Waals surface area contributed by atoms with Crippen molar-refractivity contribution in [3.8, 4) is 5.75 Å². The fourth-order valence-electron chi connectivity index (χ4n) is 2.57. The lowest BCUT2D eigenvalue weighted by molar-refractivity contribution is -0.122. The van der Waals surface area contributed by atoms with E-state index >= 15 is 0 Å². The number of nitrogens with one attached hydrogen (secondary N) is 1. The lowest BCUT2D eigenvalue weighted by Gasteiger charge is -2.18. The van der Waals surface area contributed by atoms with E-state index in [1.54, 1.807) is 0 Å². The lowest BCUT2D eigenvalue weighted by atomic mass is 10.1. The molecule has 0 aliphatic carbocycles. The molecule has 138 valence electrons. The number of carbonyl (C=O) groups excluding carboxylic acids is 2. The van der Waals surface area contributed by atoms with Crippen LogP contribution < -0.4 is 10.1 Å². The highest BCUT2D eigenvalue weighted by Gasteiger charge is 2.20. The summed E-state index contributed by atoms with van der Waals surface area (Å²) in [6.45, 7) is 5.80. The fourth-order valence-corrected chi connectivity index (χ4v) is 2.73. The van der Waals surface area contributed by atoms with E-state index in [0.717, 1.165) is 11.1 Å². The Morgan fingerprint density at radius 2 is 1.77 bits per heavy atom. The molecule has 0 aliphatic heterocycles. The minimum Gasteiger partial charge on any atom is -0.481 e. The predicted octanol–water partition coefficient (Wildman–Crippen LogP) is 4.54. The lowest BCUT2D eigenvalue weighted by Crippen LogP contribution is -2.32. The highest BCUT2D eigenvalue weighted by atomic mass is 35.5. The van der Waals surface area contributed by atoms with Crippen LogP contribution in [-0.2, 0) is 9.53 Å². The van der Waals surface area contributed by atoms with Gasteiger partial charge in [-0.1, -0.05) is 24.6 Å². The number of anilines is 1. The highest BCUT2D eigenvalue weighted by molar-refractivity contribution is 6.33. The SMILES string of the molecule is CCC(Oc1cc(C)cc(C)c1)C(=O)Nc1cc(C(=O)OC)ccc1Cl. The number of aryl methyl sites for hydroxylation is 2. The first-order valence-electron chi connectivity index (χ1n) is 8.27. The molecule has 1 unspecified atom stereocenters. The van der Waals surface area contributed by atoms with Crippen LogP contribution in [-0.4, -0.2) is 25.1 Å². The van der Waals surface area contributed by atoms with Crippen LogP contribution in [0.2, 0.25) is 5.02 Å². The minimum absolute atomic E-state index is 0.301. The molecule has 5 nitrogen and oxygen atoms in total. The Kier molecular flexibility index (Phi) is 6.64. The first-order valence-corrected chi connectivity index (χ1v) is 8.65. The molecule has 0 radical (unpaired) electrons. The molecule has 2 aromatic carbocycles. The van der Waals surface area contributed by atoms with E-state index in [-0.39, 0.29) is 5.91 Å². The van der Waals surface area contributed by atoms with Gasteiger partial charge in [0.1, 0.15) is 5.75 Å². The van der Waals surface area contributed by atoms with Gasteiger partial charge in [0.25, 0.3) is 5.91 Å². The zero-order valence-electron chi connectivity index (χ0n) is 15.3. The monoisotopic (exact) mass is 375 g/mol. The zero-order valence-corrected chi connectivity index (χ0v) is 16.0. The zero-order chi connectivity index (χ0) is 19.3. The molecule has 0 saturated heterocycles. The van der Waals surface area contributed by atoms with Crippen LogP contribution in [0.3, 0.4) is 0 Å². The maximum atomic E-state index is 12.6. The third-order valence-corrected chi connectivity index (χ3v) is 4.11. The summed E-state index contributed by atoms with van der Waals surface area (Å²) in [5.74, 6) is -0.204. The number of ether oxygens (including phenoxy) is 2. The van der Waals surface area contributed by atoms with Crippen molar-refractivity contribution in [3.63, 3.8) is 0 Å². The Bertz CT molecular complexity index is 799. The molecule has 6 heteroatoms. The van der Waals surface area contributed by atoms with Crippen molar-refractivity contribution >= 4 is 29.2 Å². The molecular formula is C20H22ClNO4. The van der Waals surface area contributed by atoms with Crippen molar-refractivity contribution in [2.75, 3.05) is 12.4 Å². The van der Waals surface area contributed by atoms with Gasteiger partial charge in [0.2, 0.25) is 0 Å². The van der Waals surface area contributed by atoms with E-state index in [2.05, 4.69) is 10.1 Å². The van der Waals surface area contributed by atoms with Gasteiger partial charge in [0.05, 0.1) is 23.4 Å². The second kappa shape index (κ2) is 8.72. The van der Waals surface area contributed by atoms with Gasteiger partial charge in [-0.2, -0.15) is 0 Å². The van der Waals surface area contributed by atoms with Gasteiger partial charge in [-0.15, -0.1) is 0 Å². The number of carbonyl (C=O) groups is 2. The molecule has 0 fully saturated rings. The Labute approximate surface area is 158 Å². The van der Waals surface area contributed by atoms with Gasteiger partial charge in [-0.05, 0) is 61.7 Å². The van der Waals surface area contributed by atoms with Crippen LogP contribution in [0.1, 0.15) is 34.8 Å². The molecule has 1 atom stereocenters. The molecule has 0 saturated carbocycles. The third-order valence-electron chi connectivity index (χ3n) is 3.78. The van der Waals surface area contributed by atoms with Crippen LogP contribution in [0.15, 0.2) is 36.4 Å². The summed E-state index contributed by atoms with van der Waals surface area (Å²) in [4.78, 5) is 24.3. The summed E-state index contributed by atoms with van der Waals surface area (Å²) in [5, 5.41) is 3.05. The molecule has 1 amide bonds. The van der Waals surface area contributed by atoms with Crippen molar-refractivity contribution in [2.45, 2.75) is 33.3 Å². The Hall–Kier alpha value is -2.53. The third kappa shape index (κ3) is 4.99. The van der Waals surface area contributed by atoms with E-state index in [9.17, 15) is 9.59 Å². The average Bonchev–Trinajstić information content (AvgIpc) is 2.59. The number of amides is 1. The molecule has 0 aliphatic rings. The number of esters is 1. The Morgan fingerprint density at radius 1 is 1.12 bits per heavy atom. The summed E-state index contributed by atoms with van der Waals surface area (Å²) < 4.78 is 10.5. The van der Waals surface area contributed by atoms with Crippen molar-refractivity contribution < 1.29 is 19.1 Å². The standard InChI is InChI=1S/C20H22ClNO4/c1-5-18(26-15-9-12(2)8-13(3)10-15)19(23)22-17-11-14(20(24)25-4)6-7-16(17)21/h6-11,18H,5H2,1-4H3,(H,22,23). The molecular weight excluding hydrogens is 354 g/mol. The van der Waals surface area contributed by atoms with Crippen LogP contribution in [0.5, 0.6) is 5.75 Å². The summed E-state index contributed by atoms with van der Waals surface area (Å²) in [6.07, 6.45) is -0.207. The molecule has 26 heavy (non-hydrogen) atoms. The molecule has 0 aromatic heterocycles. The highest BCUT2D eigenvalue weighted by Crippen LogP contribution is 2.25. The largest absolute Gasteiger partial charge is 0.481 e. The van der Waals surface area contributed by atoms with Gasteiger partial charge < -0.3 is 14.8 Å². The summed E-state index contributed by atoms with van der Waals surface area (Å²) in [5.41, 5.74) is 2.76. The van der Waals surface area contributed by atoms with E-state index in [0.29, 0.717) is 28.4 Å². The van der Waals surface area contributed by atoms with Crippen molar-refractivity contribution in [2.24, 2.45) is 0 Å². The number of rotatable bonds is 6. The van der Waals surface area contributed by atoms with Gasteiger partial charge >= 0.3 is 5.97 Å². The van der Waals surface area contributed by atoms with E-state index in [1.807, 2.05) is 39.0 Å². The molecule has 0 spiro atoms. The van der Waals surface area contributed by atoms with Crippen molar-refractivity contribution in [3.05, 3.63) is 58.1 Å². The quantitative estimate of drug-likeness (QED) is 0.753. The summed E-state index contributed by atoms with van der Waals surface area (Å²) in [7, 11) is 1.29. The van der Waals surface area contributed by atoms with Crippen LogP contribution >= 0.6 is 11.6 Å². The number of methoxy groups -OCH3 is 1. The van der Waals surface area contributed by atoms with Crippen LogP contribution in [0.25, 0.3) is 0 Å². The number of benzene rings is 2. The molecule has 0 heterocycles. The number of halogens is 1. The molecule has 2 aromatic rings. The second-order valence-corrected chi connectivity index (χ2v) is 6.42. The van der Waals surface area contributed by atoms with Gasteiger partial charge in [0, 0.05) is 0 Å². The smallest absolute Gasteiger partial charge is 0.337 e. The van der Waals surface area contributed by atoms with Crippen molar-refractivity contribution in [1.82, 2.24) is 0 Å². The first kappa shape index (κ1) is 19.8. The van der Waals surface area contributed by atoms with Gasteiger partial charge in [0.15, 0.2) is 6.10 Å². The van der Waals surface area contributed by atoms with Gasteiger partial charge in [-0.25, -0.2) is 4.79 Å². The maximum Gasteiger partial charge on any atom is 0.337 e. The van der Waals surface area contributed by atoms with E-state index in [1.165, 1.54) is 25.3 Å². The summed E-state index contributed by atoms with van der Waals surface area (Å²) >= 11 is 6.13. The molecule has 2 rings (SSSR count). The first-order chi connectivity index (χ1) is 12.3.